The summed E-state index contributed by atoms with van der Waals surface area (Å²) in [4.78, 5) is 12.9. The summed E-state index contributed by atoms with van der Waals surface area (Å²) in [6.45, 7) is 0. The molecule has 7 nitrogen and oxygen atoms in total. The highest BCUT2D eigenvalue weighted by atomic mass is 19.1. The quantitative estimate of drug-likeness (QED) is 0.559. The third-order valence-corrected chi connectivity index (χ3v) is 4.44. The Morgan fingerprint density at radius 1 is 1.03 bits per heavy atom. The Hall–Kier alpha value is -3.94. The minimum atomic E-state index is -0.364. The number of hydrogen-bond acceptors (Lipinski definition) is 5. The number of nitrogens with one attached hydrogen (secondary N) is 1. The van der Waals surface area contributed by atoms with E-state index in [0.717, 1.165) is 0 Å². The Bertz CT molecular complexity index is 1190. The SMILES string of the molecule is COc1ccc(NC(=O)c2cccn3c(-c4ccc(F)cc4)nnc23)c(OC)c1. The fourth-order valence-corrected chi connectivity index (χ4v) is 2.98. The molecule has 0 saturated heterocycles. The van der Waals surface area contributed by atoms with E-state index in [2.05, 4.69) is 15.5 Å². The molecule has 0 radical (unpaired) electrons. The fraction of sp³-hybridized carbons (Fsp3) is 0.0952. The lowest BCUT2D eigenvalue weighted by Crippen LogP contribution is -2.14. The number of nitrogens with zero attached hydrogens (tertiary/aromatic N) is 3. The number of rotatable bonds is 5. The molecule has 2 heterocycles. The van der Waals surface area contributed by atoms with E-state index >= 15 is 0 Å². The van der Waals surface area contributed by atoms with Gasteiger partial charge in [-0.3, -0.25) is 9.20 Å². The Labute approximate surface area is 165 Å². The molecule has 0 unspecified atom stereocenters. The van der Waals surface area contributed by atoms with Gasteiger partial charge in [-0.25, -0.2) is 4.39 Å². The largest absolute Gasteiger partial charge is 0.497 e. The molecule has 0 aliphatic heterocycles. The van der Waals surface area contributed by atoms with Crippen LogP contribution in [0.3, 0.4) is 0 Å². The first-order valence-corrected chi connectivity index (χ1v) is 8.74. The number of methoxy groups -OCH3 is 2. The highest BCUT2D eigenvalue weighted by molar-refractivity contribution is 6.09. The zero-order valence-corrected chi connectivity index (χ0v) is 15.7. The molecule has 1 N–H and O–H groups in total. The number of benzene rings is 2. The fourth-order valence-electron chi connectivity index (χ4n) is 2.98. The predicted octanol–water partition coefficient (Wildman–Crippen LogP) is 3.80. The molecule has 4 aromatic rings. The molecular weight excluding hydrogens is 375 g/mol. The molecule has 29 heavy (non-hydrogen) atoms. The summed E-state index contributed by atoms with van der Waals surface area (Å²) in [5.74, 6) is 0.895. The van der Waals surface area contributed by atoms with Gasteiger partial charge in [-0.15, -0.1) is 10.2 Å². The third kappa shape index (κ3) is 3.47. The normalized spacial score (nSPS) is 10.7. The van der Waals surface area contributed by atoms with Crippen LogP contribution in [0.5, 0.6) is 11.5 Å². The smallest absolute Gasteiger partial charge is 0.259 e. The number of halogens is 1. The maximum atomic E-state index is 13.2. The van der Waals surface area contributed by atoms with E-state index in [1.807, 2.05) is 0 Å². The van der Waals surface area contributed by atoms with Crippen LogP contribution >= 0.6 is 0 Å². The summed E-state index contributed by atoms with van der Waals surface area (Å²) in [7, 11) is 3.07. The van der Waals surface area contributed by atoms with E-state index in [-0.39, 0.29) is 11.7 Å². The summed E-state index contributed by atoms with van der Waals surface area (Å²) in [5, 5.41) is 11.2. The number of pyridine rings is 1. The van der Waals surface area contributed by atoms with Crippen molar-refractivity contribution in [2.45, 2.75) is 0 Å². The van der Waals surface area contributed by atoms with Crippen LogP contribution in [0.1, 0.15) is 10.4 Å². The van der Waals surface area contributed by atoms with Gasteiger partial charge in [-0.05, 0) is 48.5 Å². The summed E-state index contributed by atoms with van der Waals surface area (Å²) in [6, 6.07) is 14.4. The van der Waals surface area contributed by atoms with Crippen LogP contribution < -0.4 is 14.8 Å². The van der Waals surface area contributed by atoms with E-state index < -0.39 is 0 Å². The number of ether oxygens (including phenoxy) is 2. The Kier molecular flexibility index (Phi) is 4.82. The van der Waals surface area contributed by atoms with Gasteiger partial charge in [-0.2, -0.15) is 0 Å². The first-order chi connectivity index (χ1) is 14.1. The van der Waals surface area contributed by atoms with E-state index in [1.165, 1.54) is 19.2 Å². The van der Waals surface area contributed by atoms with Gasteiger partial charge in [0.2, 0.25) is 0 Å². The predicted molar refractivity (Wildman–Crippen MR) is 106 cm³/mol. The van der Waals surface area contributed by atoms with E-state index in [0.29, 0.717) is 39.8 Å². The highest BCUT2D eigenvalue weighted by Crippen LogP contribution is 2.30. The van der Waals surface area contributed by atoms with Crippen molar-refractivity contribution in [3.8, 4) is 22.9 Å². The van der Waals surface area contributed by atoms with Crippen molar-refractivity contribution >= 4 is 17.2 Å². The van der Waals surface area contributed by atoms with Crippen LogP contribution in [0.15, 0.2) is 60.8 Å². The monoisotopic (exact) mass is 392 g/mol. The second-order valence-electron chi connectivity index (χ2n) is 6.17. The number of carbonyl (C=O) groups is 1. The highest BCUT2D eigenvalue weighted by Gasteiger charge is 2.17. The molecule has 2 aromatic heterocycles. The summed E-state index contributed by atoms with van der Waals surface area (Å²) in [6.07, 6.45) is 1.75. The third-order valence-electron chi connectivity index (χ3n) is 4.44. The molecule has 0 bridgehead atoms. The molecule has 0 fully saturated rings. The van der Waals surface area contributed by atoms with Gasteiger partial charge in [-0.1, -0.05) is 0 Å². The van der Waals surface area contributed by atoms with Gasteiger partial charge >= 0.3 is 0 Å². The first kappa shape index (κ1) is 18.4. The maximum Gasteiger partial charge on any atom is 0.259 e. The zero-order valence-electron chi connectivity index (χ0n) is 15.7. The molecule has 4 rings (SSSR count). The lowest BCUT2D eigenvalue weighted by molar-refractivity contribution is 0.102. The van der Waals surface area contributed by atoms with E-state index in [4.69, 9.17) is 9.47 Å². The molecule has 1 amide bonds. The molecule has 0 spiro atoms. The number of fused-ring (bicyclic) bond motifs is 1. The van der Waals surface area contributed by atoms with Crippen LogP contribution in [-0.2, 0) is 0 Å². The Morgan fingerprint density at radius 2 is 1.83 bits per heavy atom. The number of aromatic nitrogens is 3. The van der Waals surface area contributed by atoms with Gasteiger partial charge < -0.3 is 14.8 Å². The second kappa shape index (κ2) is 7.59. The lowest BCUT2D eigenvalue weighted by atomic mass is 10.2. The molecule has 146 valence electrons. The van der Waals surface area contributed by atoms with Crippen LogP contribution in [0.25, 0.3) is 17.0 Å². The van der Waals surface area contributed by atoms with Crippen molar-refractivity contribution in [2.24, 2.45) is 0 Å². The second-order valence-corrected chi connectivity index (χ2v) is 6.17. The van der Waals surface area contributed by atoms with Gasteiger partial charge in [0.05, 0.1) is 25.5 Å². The standard InChI is InChI=1S/C21H17FN4O3/c1-28-15-9-10-17(18(12-15)29-2)23-21(27)16-4-3-11-26-19(24-25-20(16)26)13-5-7-14(22)8-6-13/h3-12H,1-2H3,(H,23,27). The van der Waals surface area contributed by atoms with Crippen molar-refractivity contribution < 1.29 is 18.7 Å². The molecule has 8 heteroatoms. The average Bonchev–Trinajstić information content (AvgIpc) is 3.18. The van der Waals surface area contributed by atoms with Crippen LogP contribution in [0.2, 0.25) is 0 Å². The molecular formula is C21H17FN4O3. The molecule has 0 saturated carbocycles. The number of amides is 1. The summed E-state index contributed by atoms with van der Waals surface area (Å²) in [5.41, 5.74) is 1.91. The molecule has 0 atom stereocenters. The average molecular weight is 392 g/mol. The van der Waals surface area contributed by atoms with Crippen molar-refractivity contribution in [3.05, 3.63) is 72.2 Å². The number of hydrogen-bond donors (Lipinski definition) is 1. The van der Waals surface area contributed by atoms with Crippen LogP contribution in [0, 0.1) is 5.82 Å². The number of anilines is 1. The minimum absolute atomic E-state index is 0.337. The summed E-state index contributed by atoms with van der Waals surface area (Å²) >= 11 is 0. The first-order valence-electron chi connectivity index (χ1n) is 8.74. The molecule has 0 aliphatic carbocycles. The molecule has 2 aromatic carbocycles. The van der Waals surface area contributed by atoms with Gasteiger partial charge in [0.15, 0.2) is 11.5 Å². The van der Waals surface area contributed by atoms with Gasteiger partial charge in [0, 0.05) is 17.8 Å². The van der Waals surface area contributed by atoms with Crippen molar-refractivity contribution in [1.82, 2.24) is 14.6 Å². The van der Waals surface area contributed by atoms with Crippen molar-refractivity contribution in [2.75, 3.05) is 19.5 Å². The lowest BCUT2D eigenvalue weighted by Gasteiger charge is -2.12. The van der Waals surface area contributed by atoms with Crippen LogP contribution in [0.4, 0.5) is 10.1 Å². The summed E-state index contributed by atoms with van der Waals surface area (Å²) < 4.78 is 25.4. The zero-order chi connectivity index (χ0) is 20.4. The topological polar surface area (TPSA) is 77.8 Å². The van der Waals surface area contributed by atoms with E-state index in [1.54, 1.807) is 60.2 Å². The van der Waals surface area contributed by atoms with Gasteiger partial charge in [0.1, 0.15) is 17.3 Å². The number of carbonyl (C=O) groups excluding carboxylic acids is 1. The molecule has 0 aliphatic rings. The van der Waals surface area contributed by atoms with Crippen molar-refractivity contribution in [3.63, 3.8) is 0 Å². The minimum Gasteiger partial charge on any atom is -0.497 e. The van der Waals surface area contributed by atoms with E-state index in [9.17, 15) is 9.18 Å². The Morgan fingerprint density at radius 3 is 2.55 bits per heavy atom. The van der Waals surface area contributed by atoms with Crippen LogP contribution in [-0.4, -0.2) is 34.7 Å². The van der Waals surface area contributed by atoms with Crippen molar-refractivity contribution in [1.29, 1.82) is 0 Å². The van der Waals surface area contributed by atoms with Gasteiger partial charge in [0.25, 0.3) is 5.91 Å². The maximum absolute atomic E-state index is 13.2. The Balaban J connectivity index is 1.70.